The molecule has 1 unspecified atom stereocenters. The van der Waals surface area contributed by atoms with Gasteiger partial charge in [0.1, 0.15) is 12.7 Å². The van der Waals surface area contributed by atoms with Crippen molar-refractivity contribution in [2.45, 2.75) is 32.5 Å². The van der Waals surface area contributed by atoms with Crippen molar-refractivity contribution in [1.29, 1.82) is 0 Å². The molecule has 0 spiro atoms. The van der Waals surface area contributed by atoms with E-state index in [0.717, 1.165) is 6.54 Å². The lowest BCUT2D eigenvalue weighted by Crippen LogP contribution is -2.52. The Morgan fingerprint density at radius 1 is 1.65 bits per heavy atom. The van der Waals surface area contributed by atoms with E-state index in [1.807, 2.05) is 13.8 Å². The number of hydrogen-bond acceptors (Lipinski definition) is 6. The van der Waals surface area contributed by atoms with Crippen LogP contribution in [-0.4, -0.2) is 41.3 Å². The van der Waals surface area contributed by atoms with Crippen LogP contribution in [0.1, 0.15) is 19.4 Å². The average Bonchev–Trinajstić information content (AvgIpc) is 2.36. The van der Waals surface area contributed by atoms with Crippen molar-refractivity contribution in [1.82, 2.24) is 10.3 Å². The maximum absolute atomic E-state index is 10.9. The van der Waals surface area contributed by atoms with E-state index < -0.39 is 4.92 Å². The molecule has 1 fully saturated rings. The van der Waals surface area contributed by atoms with Crippen molar-refractivity contribution in [3.63, 3.8) is 0 Å². The predicted octanol–water partition coefficient (Wildman–Crippen LogP) is 1.44. The van der Waals surface area contributed by atoms with E-state index in [-0.39, 0.29) is 23.3 Å². The Labute approximate surface area is 117 Å². The van der Waals surface area contributed by atoms with Gasteiger partial charge < -0.3 is 14.8 Å². The minimum absolute atomic E-state index is 0.0121. The third kappa shape index (κ3) is 3.64. The Hall–Kier alpha value is -1.73. The van der Waals surface area contributed by atoms with E-state index in [4.69, 9.17) is 9.47 Å². The number of nitrogens with one attached hydrogen (secondary N) is 1. The van der Waals surface area contributed by atoms with Crippen molar-refractivity contribution in [3.05, 3.63) is 27.9 Å². The molecule has 1 aromatic heterocycles. The zero-order chi connectivity index (χ0) is 14.8. The largest absolute Gasteiger partial charge is 0.475 e. The highest BCUT2D eigenvalue weighted by Gasteiger charge is 2.28. The highest BCUT2D eigenvalue weighted by molar-refractivity contribution is 5.40. The van der Waals surface area contributed by atoms with Crippen LogP contribution in [0.15, 0.2) is 12.3 Å². The van der Waals surface area contributed by atoms with Crippen LogP contribution in [0.3, 0.4) is 0 Å². The summed E-state index contributed by atoms with van der Waals surface area (Å²) in [5.74, 6) is 0.245. The molecule has 7 heteroatoms. The third-order valence-electron chi connectivity index (χ3n) is 3.07. The van der Waals surface area contributed by atoms with E-state index in [2.05, 4.69) is 10.3 Å². The summed E-state index contributed by atoms with van der Waals surface area (Å²) in [6.45, 7) is 7.44. The second-order valence-electron chi connectivity index (χ2n) is 5.51. The number of aryl methyl sites for hydroxylation is 1. The van der Waals surface area contributed by atoms with Crippen molar-refractivity contribution in [3.8, 4) is 5.88 Å². The number of nitro groups is 1. The summed E-state index contributed by atoms with van der Waals surface area (Å²) in [6.07, 6.45) is 1.35. The van der Waals surface area contributed by atoms with Crippen LogP contribution in [0, 0.1) is 17.0 Å². The molecule has 0 radical (unpaired) electrons. The molecule has 1 N–H and O–H groups in total. The molecule has 2 heterocycles. The van der Waals surface area contributed by atoms with Gasteiger partial charge in [0.25, 0.3) is 5.69 Å². The number of aromatic nitrogens is 1. The number of ether oxygens (including phenoxy) is 2. The van der Waals surface area contributed by atoms with Crippen molar-refractivity contribution >= 4 is 5.69 Å². The fourth-order valence-electron chi connectivity index (χ4n) is 2.11. The Balaban J connectivity index is 1.97. The lowest BCUT2D eigenvalue weighted by atomic mass is 10.1. The molecular weight excluding hydrogens is 262 g/mol. The standard InChI is InChI=1S/C13H19N3O4/c1-9-5-15-12(4-11(9)16(17)18)19-7-10-6-14-8-13(2,3)20-10/h4-5,10,14H,6-8H2,1-3H3. The van der Waals surface area contributed by atoms with Gasteiger partial charge in [-0.25, -0.2) is 4.98 Å². The fraction of sp³-hybridized carbons (Fsp3) is 0.615. The monoisotopic (exact) mass is 281 g/mol. The van der Waals surface area contributed by atoms with Crippen molar-refractivity contribution in [2.75, 3.05) is 19.7 Å². The number of pyridine rings is 1. The van der Waals surface area contributed by atoms with Gasteiger partial charge in [-0.05, 0) is 20.8 Å². The second kappa shape index (κ2) is 5.72. The van der Waals surface area contributed by atoms with E-state index in [1.54, 1.807) is 6.92 Å². The molecule has 7 nitrogen and oxygen atoms in total. The molecule has 1 aliphatic rings. The van der Waals surface area contributed by atoms with Gasteiger partial charge in [-0.15, -0.1) is 0 Å². The minimum Gasteiger partial charge on any atom is -0.475 e. The molecule has 20 heavy (non-hydrogen) atoms. The van der Waals surface area contributed by atoms with E-state index >= 15 is 0 Å². The summed E-state index contributed by atoms with van der Waals surface area (Å²) in [4.78, 5) is 14.5. The molecule has 0 saturated carbocycles. The Kier molecular flexibility index (Phi) is 4.20. The molecule has 2 rings (SSSR count). The smallest absolute Gasteiger partial charge is 0.279 e. The van der Waals surface area contributed by atoms with E-state index in [9.17, 15) is 10.1 Å². The van der Waals surface area contributed by atoms with Crippen LogP contribution >= 0.6 is 0 Å². The summed E-state index contributed by atoms with van der Waals surface area (Å²) >= 11 is 0. The lowest BCUT2D eigenvalue weighted by molar-refractivity contribution is -0.385. The third-order valence-corrected chi connectivity index (χ3v) is 3.07. The number of nitrogens with zero attached hydrogens (tertiary/aromatic N) is 2. The minimum atomic E-state index is -0.439. The molecule has 110 valence electrons. The maximum Gasteiger partial charge on any atom is 0.279 e. The Bertz CT molecular complexity index is 504. The van der Waals surface area contributed by atoms with Gasteiger partial charge in [0.05, 0.1) is 16.6 Å². The van der Waals surface area contributed by atoms with Crippen molar-refractivity contribution in [2.24, 2.45) is 0 Å². The first kappa shape index (κ1) is 14.7. The van der Waals surface area contributed by atoms with E-state index in [0.29, 0.717) is 18.7 Å². The SMILES string of the molecule is Cc1cnc(OCC2CNCC(C)(C)O2)cc1[N+](=O)[O-]. The summed E-state index contributed by atoms with van der Waals surface area (Å²) < 4.78 is 11.4. The molecule has 0 amide bonds. The van der Waals surface area contributed by atoms with Gasteiger partial charge in [-0.1, -0.05) is 0 Å². The molecule has 1 aromatic rings. The first-order chi connectivity index (χ1) is 9.37. The fourth-order valence-corrected chi connectivity index (χ4v) is 2.11. The number of hydrogen-bond donors (Lipinski definition) is 1. The highest BCUT2D eigenvalue weighted by Crippen LogP contribution is 2.22. The van der Waals surface area contributed by atoms with Gasteiger partial charge in [0.15, 0.2) is 0 Å². The molecule has 0 bridgehead atoms. The molecule has 1 atom stereocenters. The van der Waals surface area contributed by atoms with Crippen LogP contribution in [0.2, 0.25) is 0 Å². The van der Waals surface area contributed by atoms with Gasteiger partial charge >= 0.3 is 0 Å². The lowest BCUT2D eigenvalue weighted by Gasteiger charge is -2.36. The van der Waals surface area contributed by atoms with Gasteiger partial charge in [-0.3, -0.25) is 10.1 Å². The van der Waals surface area contributed by atoms with Gasteiger partial charge in [0.2, 0.25) is 5.88 Å². The maximum atomic E-state index is 10.9. The summed E-state index contributed by atoms with van der Waals surface area (Å²) in [5, 5.41) is 14.1. The van der Waals surface area contributed by atoms with E-state index in [1.165, 1.54) is 12.3 Å². The van der Waals surface area contributed by atoms with Crippen LogP contribution in [-0.2, 0) is 4.74 Å². The number of morpholine rings is 1. The molecule has 0 aromatic carbocycles. The molecular formula is C13H19N3O4. The van der Waals surface area contributed by atoms with Crippen LogP contribution < -0.4 is 10.1 Å². The highest BCUT2D eigenvalue weighted by atomic mass is 16.6. The summed E-state index contributed by atoms with van der Waals surface area (Å²) in [7, 11) is 0. The predicted molar refractivity (Wildman–Crippen MR) is 72.9 cm³/mol. The van der Waals surface area contributed by atoms with Gasteiger partial charge in [-0.2, -0.15) is 0 Å². The average molecular weight is 281 g/mol. The topological polar surface area (TPSA) is 86.5 Å². The zero-order valence-corrected chi connectivity index (χ0v) is 11.9. The Morgan fingerprint density at radius 2 is 2.40 bits per heavy atom. The normalized spacial score (nSPS) is 21.4. The van der Waals surface area contributed by atoms with Crippen LogP contribution in [0.4, 0.5) is 5.69 Å². The Morgan fingerprint density at radius 3 is 3.05 bits per heavy atom. The quantitative estimate of drug-likeness (QED) is 0.664. The van der Waals surface area contributed by atoms with Crippen molar-refractivity contribution < 1.29 is 14.4 Å². The zero-order valence-electron chi connectivity index (χ0n) is 11.9. The van der Waals surface area contributed by atoms with Crippen LogP contribution in [0.5, 0.6) is 5.88 Å². The molecule has 1 aliphatic heterocycles. The number of rotatable bonds is 4. The molecule has 0 aliphatic carbocycles. The summed E-state index contributed by atoms with van der Waals surface area (Å²) in [6, 6.07) is 1.34. The first-order valence-corrected chi connectivity index (χ1v) is 6.50. The van der Waals surface area contributed by atoms with Gasteiger partial charge in [0, 0.05) is 24.8 Å². The van der Waals surface area contributed by atoms with Crippen LogP contribution in [0.25, 0.3) is 0 Å². The second-order valence-corrected chi connectivity index (χ2v) is 5.51. The molecule has 1 saturated heterocycles. The summed E-state index contributed by atoms with van der Waals surface area (Å²) in [5.41, 5.74) is 0.288. The first-order valence-electron chi connectivity index (χ1n) is 6.50.